The zero-order chi connectivity index (χ0) is 17.7. The van der Waals surface area contributed by atoms with E-state index >= 15 is 0 Å². The lowest BCUT2D eigenvalue weighted by atomic mass is 9.90. The summed E-state index contributed by atoms with van der Waals surface area (Å²) in [4.78, 5) is 16.0. The molecule has 24 heavy (non-hydrogen) atoms. The van der Waals surface area contributed by atoms with E-state index in [1.807, 2.05) is 13.8 Å². The molecule has 5 nitrogen and oxygen atoms in total. The number of morpholine rings is 1. The molecule has 134 valence electrons. The van der Waals surface area contributed by atoms with Gasteiger partial charge in [0.25, 0.3) is 0 Å². The van der Waals surface area contributed by atoms with Crippen LogP contribution in [0, 0.1) is 0 Å². The Kier molecular flexibility index (Phi) is 6.95. The van der Waals surface area contributed by atoms with Crippen LogP contribution in [0.3, 0.4) is 0 Å². The van der Waals surface area contributed by atoms with E-state index in [1.54, 1.807) is 19.2 Å². The predicted octanol–water partition coefficient (Wildman–Crippen LogP) is 2.73. The van der Waals surface area contributed by atoms with Crippen LogP contribution in [0.5, 0.6) is 5.75 Å². The molecule has 2 rings (SSSR count). The van der Waals surface area contributed by atoms with Crippen LogP contribution in [0.25, 0.3) is 0 Å². The van der Waals surface area contributed by atoms with E-state index in [2.05, 4.69) is 4.90 Å². The molecule has 1 heterocycles. The van der Waals surface area contributed by atoms with Crippen molar-refractivity contribution in [3.8, 4) is 5.75 Å². The van der Waals surface area contributed by atoms with E-state index in [1.165, 1.54) is 11.8 Å². The molecule has 1 aromatic rings. The second kappa shape index (κ2) is 8.54. The van der Waals surface area contributed by atoms with Gasteiger partial charge in [-0.25, -0.2) is 0 Å². The van der Waals surface area contributed by atoms with Gasteiger partial charge in [-0.1, -0.05) is 11.6 Å². The largest absolute Gasteiger partial charge is 0.496 e. The first-order chi connectivity index (χ1) is 11.4. The van der Waals surface area contributed by atoms with E-state index in [4.69, 9.17) is 26.2 Å². The molecule has 0 aliphatic carbocycles. The summed E-state index contributed by atoms with van der Waals surface area (Å²) >= 11 is 7.83. The zero-order valence-corrected chi connectivity index (χ0v) is 15.9. The van der Waals surface area contributed by atoms with Gasteiger partial charge in [-0.05, 0) is 26.0 Å². The molecule has 0 unspecified atom stereocenters. The van der Waals surface area contributed by atoms with Crippen LogP contribution in [0.1, 0.15) is 24.2 Å². The molecule has 0 radical (unpaired) electrons. The second-order valence-corrected chi connectivity index (χ2v) is 7.59. The van der Waals surface area contributed by atoms with Crippen LogP contribution in [0.15, 0.2) is 17.0 Å². The molecule has 1 aliphatic heterocycles. The van der Waals surface area contributed by atoms with Crippen molar-refractivity contribution in [2.24, 2.45) is 0 Å². The number of benzene rings is 1. The second-order valence-electron chi connectivity index (χ2n) is 6.04. The predicted molar refractivity (Wildman–Crippen MR) is 96.6 cm³/mol. The van der Waals surface area contributed by atoms with Crippen LogP contribution < -0.4 is 4.74 Å². The first kappa shape index (κ1) is 19.5. The summed E-state index contributed by atoms with van der Waals surface area (Å²) in [6, 6.07) is 3.44. The Balaban J connectivity index is 2.30. The fourth-order valence-corrected chi connectivity index (χ4v) is 3.84. The van der Waals surface area contributed by atoms with Crippen LogP contribution >= 0.6 is 23.4 Å². The van der Waals surface area contributed by atoms with Gasteiger partial charge in [0.15, 0.2) is 5.78 Å². The number of nitrogens with zero attached hydrogens (tertiary/aromatic N) is 1. The van der Waals surface area contributed by atoms with Crippen molar-refractivity contribution in [3.05, 3.63) is 22.7 Å². The topological polar surface area (TPSA) is 59.0 Å². The Labute approximate surface area is 152 Å². The summed E-state index contributed by atoms with van der Waals surface area (Å²) in [5, 5.41) is 9.39. The highest BCUT2D eigenvalue weighted by Crippen LogP contribution is 2.36. The van der Waals surface area contributed by atoms with Crippen molar-refractivity contribution in [1.82, 2.24) is 4.90 Å². The average Bonchev–Trinajstić information content (AvgIpc) is 2.60. The fraction of sp³-hybridized carbons (Fsp3) is 0.588. The Morgan fingerprint density at radius 1 is 1.42 bits per heavy atom. The summed E-state index contributed by atoms with van der Waals surface area (Å²) in [7, 11) is 1.56. The third kappa shape index (κ3) is 4.24. The maximum atomic E-state index is 13.1. The summed E-state index contributed by atoms with van der Waals surface area (Å²) in [6.07, 6.45) is 0. The van der Waals surface area contributed by atoms with Crippen LogP contribution in [-0.2, 0) is 4.74 Å². The number of hydrogen-bond acceptors (Lipinski definition) is 6. The lowest BCUT2D eigenvalue weighted by Gasteiger charge is -2.39. The maximum Gasteiger partial charge on any atom is 0.184 e. The quantitative estimate of drug-likeness (QED) is 0.585. The molecule has 0 atom stereocenters. The van der Waals surface area contributed by atoms with Gasteiger partial charge in [0.05, 0.1) is 42.4 Å². The average molecular weight is 374 g/mol. The molecule has 1 N–H and O–H groups in total. The molecule has 0 aromatic heterocycles. The van der Waals surface area contributed by atoms with Gasteiger partial charge in [0, 0.05) is 24.4 Å². The Morgan fingerprint density at radius 2 is 2.08 bits per heavy atom. The van der Waals surface area contributed by atoms with Gasteiger partial charge in [-0.15, -0.1) is 11.8 Å². The molecule has 1 aliphatic rings. The number of ketones is 1. The highest BCUT2D eigenvalue weighted by Gasteiger charge is 2.37. The normalized spacial score (nSPS) is 16.2. The number of aliphatic hydroxyl groups excluding tert-OH is 1. The van der Waals surface area contributed by atoms with E-state index in [-0.39, 0.29) is 12.4 Å². The Morgan fingerprint density at radius 3 is 2.67 bits per heavy atom. The van der Waals surface area contributed by atoms with E-state index in [0.29, 0.717) is 35.3 Å². The van der Waals surface area contributed by atoms with E-state index < -0.39 is 5.54 Å². The minimum atomic E-state index is -0.668. The summed E-state index contributed by atoms with van der Waals surface area (Å²) < 4.78 is 10.8. The number of methoxy groups -OCH3 is 1. The highest BCUT2D eigenvalue weighted by atomic mass is 35.5. The number of aliphatic hydroxyl groups is 1. The maximum absolute atomic E-state index is 13.1. The molecule has 0 saturated carbocycles. The summed E-state index contributed by atoms with van der Waals surface area (Å²) in [5.74, 6) is 1.10. The van der Waals surface area contributed by atoms with Crippen LogP contribution in [0.4, 0.5) is 0 Å². The smallest absolute Gasteiger partial charge is 0.184 e. The van der Waals surface area contributed by atoms with Crippen molar-refractivity contribution >= 4 is 29.1 Å². The third-order valence-electron chi connectivity index (χ3n) is 4.20. The molecule has 1 saturated heterocycles. The van der Waals surface area contributed by atoms with Crippen molar-refractivity contribution in [1.29, 1.82) is 0 Å². The lowest BCUT2D eigenvalue weighted by Crippen LogP contribution is -2.54. The monoisotopic (exact) mass is 373 g/mol. The van der Waals surface area contributed by atoms with Gasteiger partial charge in [0.2, 0.25) is 0 Å². The number of Topliss-reactive ketones (excluding diaryl/α,β-unsaturated/α-hetero) is 1. The number of halogens is 1. The van der Waals surface area contributed by atoms with Crippen molar-refractivity contribution in [2.45, 2.75) is 24.3 Å². The molecule has 7 heteroatoms. The van der Waals surface area contributed by atoms with Crippen molar-refractivity contribution in [3.63, 3.8) is 0 Å². The fourth-order valence-electron chi connectivity index (χ4n) is 2.73. The molecular formula is C17H24ClNO4S. The van der Waals surface area contributed by atoms with Crippen molar-refractivity contribution in [2.75, 3.05) is 45.8 Å². The molecule has 1 fully saturated rings. The Bertz CT molecular complexity index is 588. The van der Waals surface area contributed by atoms with Crippen LogP contribution in [0.2, 0.25) is 5.02 Å². The SMILES string of the molecule is COc1cc(C(=O)C(C)(C)N2CCOCC2)c(Cl)cc1SCCO. The minimum Gasteiger partial charge on any atom is -0.496 e. The van der Waals surface area contributed by atoms with Gasteiger partial charge < -0.3 is 14.6 Å². The van der Waals surface area contributed by atoms with Gasteiger partial charge in [-0.2, -0.15) is 0 Å². The van der Waals surface area contributed by atoms with Gasteiger partial charge >= 0.3 is 0 Å². The van der Waals surface area contributed by atoms with Crippen LogP contribution in [-0.4, -0.2) is 67.1 Å². The molecule has 0 amide bonds. The summed E-state index contributed by atoms with van der Waals surface area (Å²) in [5.41, 5.74) is -0.212. The standard InChI is InChI=1S/C17H24ClNO4S/c1-17(2,19-4-7-23-8-5-19)16(21)12-10-14(22-3)15(11-13(12)18)24-9-6-20/h10-11,20H,4-9H2,1-3H3. The van der Waals surface area contributed by atoms with Crippen molar-refractivity contribution < 1.29 is 19.4 Å². The third-order valence-corrected chi connectivity index (χ3v) is 5.53. The van der Waals surface area contributed by atoms with E-state index in [9.17, 15) is 4.79 Å². The number of thioether (sulfide) groups is 1. The number of carbonyl (C=O) groups excluding carboxylic acids is 1. The minimum absolute atomic E-state index is 0.0357. The first-order valence-corrected chi connectivity index (χ1v) is 9.27. The number of ether oxygens (including phenoxy) is 2. The van der Waals surface area contributed by atoms with Gasteiger partial charge in [-0.3, -0.25) is 9.69 Å². The first-order valence-electron chi connectivity index (χ1n) is 7.90. The molecule has 0 bridgehead atoms. The summed E-state index contributed by atoms with van der Waals surface area (Å²) in [6.45, 7) is 6.59. The van der Waals surface area contributed by atoms with Gasteiger partial charge in [0.1, 0.15) is 5.75 Å². The molecule has 0 spiro atoms. The highest BCUT2D eigenvalue weighted by molar-refractivity contribution is 7.99. The lowest BCUT2D eigenvalue weighted by molar-refractivity contribution is -0.00430. The van der Waals surface area contributed by atoms with E-state index in [0.717, 1.165) is 18.0 Å². The number of rotatable bonds is 7. The molecule has 1 aromatic carbocycles. The number of hydrogen-bond donors (Lipinski definition) is 1. The number of carbonyl (C=O) groups is 1. The molecular weight excluding hydrogens is 350 g/mol. The Hall–Kier alpha value is -0.790. The zero-order valence-electron chi connectivity index (χ0n) is 14.3.